The summed E-state index contributed by atoms with van der Waals surface area (Å²) in [5, 5.41) is 26.4. The van der Waals surface area contributed by atoms with Crippen molar-refractivity contribution < 1.29 is 14.8 Å². The molecule has 0 fully saturated rings. The number of carbonyl (C=O) groups is 1. The van der Waals surface area contributed by atoms with Crippen LogP contribution in [-0.2, 0) is 5.41 Å². The fourth-order valence-electron chi connectivity index (χ4n) is 2.34. The molecular formula is C18H21N3O4. The lowest BCUT2D eigenvalue weighted by molar-refractivity contribution is -0.384. The van der Waals surface area contributed by atoms with Crippen molar-refractivity contribution in [3.63, 3.8) is 0 Å². The highest BCUT2D eigenvalue weighted by atomic mass is 16.6. The average molecular weight is 343 g/mol. The van der Waals surface area contributed by atoms with Crippen LogP contribution in [0.2, 0.25) is 0 Å². The number of amides is 1. The molecule has 7 nitrogen and oxygen atoms in total. The Bertz CT molecular complexity index is 826. The zero-order chi connectivity index (χ0) is 18.8. The fraction of sp³-hybridized carbons (Fsp3) is 0.278. The van der Waals surface area contributed by atoms with Crippen molar-refractivity contribution in [2.75, 3.05) is 17.7 Å². The maximum Gasteiger partial charge on any atom is 0.270 e. The first-order chi connectivity index (χ1) is 11.6. The minimum atomic E-state index is -0.562. The van der Waals surface area contributed by atoms with Crippen molar-refractivity contribution in [3.05, 3.63) is 57.6 Å². The van der Waals surface area contributed by atoms with Gasteiger partial charge in [0.1, 0.15) is 5.75 Å². The highest BCUT2D eigenvalue weighted by molar-refractivity contribution is 6.09. The summed E-state index contributed by atoms with van der Waals surface area (Å²) in [4.78, 5) is 23.0. The highest BCUT2D eigenvalue weighted by Gasteiger charge is 2.19. The van der Waals surface area contributed by atoms with Crippen LogP contribution in [0.1, 0.15) is 36.7 Å². The number of hydrogen-bond donors (Lipinski definition) is 3. The van der Waals surface area contributed by atoms with Crippen LogP contribution in [0, 0.1) is 10.1 Å². The molecule has 1 amide bonds. The van der Waals surface area contributed by atoms with E-state index in [1.165, 1.54) is 24.3 Å². The van der Waals surface area contributed by atoms with Crippen LogP contribution in [0.5, 0.6) is 5.75 Å². The zero-order valence-electron chi connectivity index (χ0n) is 14.6. The zero-order valence-corrected chi connectivity index (χ0v) is 14.6. The van der Waals surface area contributed by atoms with Gasteiger partial charge < -0.3 is 15.7 Å². The van der Waals surface area contributed by atoms with Crippen molar-refractivity contribution in [1.82, 2.24) is 0 Å². The molecule has 0 aliphatic heterocycles. The number of carbonyl (C=O) groups excluding carboxylic acids is 1. The van der Waals surface area contributed by atoms with Gasteiger partial charge in [-0.1, -0.05) is 26.8 Å². The van der Waals surface area contributed by atoms with Crippen molar-refractivity contribution in [1.29, 1.82) is 0 Å². The van der Waals surface area contributed by atoms with E-state index in [0.29, 0.717) is 5.69 Å². The summed E-state index contributed by atoms with van der Waals surface area (Å²) in [6.07, 6.45) is 0. The highest BCUT2D eigenvalue weighted by Crippen LogP contribution is 2.31. The first-order valence-electron chi connectivity index (χ1n) is 7.74. The van der Waals surface area contributed by atoms with E-state index in [0.717, 1.165) is 5.56 Å². The van der Waals surface area contributed by atoms with Crippen LogP contribution < -0.4 is 10.6 Å². The second kappa shape index (κ2) is 6.80. The number of hydrogen-bond acceptors (Lipinski definition) is 5. The second-order valence-electron chi connectivity index (χ2n) is 6.67. The fourth-order valence-corrected chi connectivity index (χ4v) is 2.34. The third kappa shape index (κ3) is 4.06. The van der Waals surface area contributed by atoms with Gasteiger partial charge in [-0.3, -0.25) is 14.9 Å². The molecule has 2 rings (SSSR count). The lowest BCUT2D eigenvalue weighted by Gasteiger charge is -2.20. The monoisotopic (exact) mass is 343 g/mol. The molecule has 2 aromatic rings. The topological polar surface area (TPSA) is 105 Å². The van der Waals surface area contributed by atoms with Gasteiger partial charge in [0, 0.05) is 24.9 Å². The summed E-state index contributed by atoms with van der Waals surface area (Å²) in [7, 11) is 1.62. The standard InChI is InChI=1S/C18H21N3O4/c1-18(2,3)11-5-8-16(22)15(9-11)20-17(23)13-10-12(21(24)25)6-7-14(13)19-4/h5-10,19,22H,1-4H3,(H,20,23). The van der Waals surface area contributed by atoms with Gasteiger partial charge in [0.25, 0.3) is 11.6 Å². The van der Waals surface area contributed by atoms with E-state index in [-0.39, 0.29) is 28.1 Å². The van der Waals surface area contributed by atoms with Gasteiger partial charge in [-0.15, -0.1) is 0 Å². The summed E-state index contributed by atoms with van der Waals surface area (Å²) in [6.45, 7) is 6.06. The van der Waals surface area contributed by atoms with E-state index in [2.05, 4.69) is 10.6 Å². The lowest BCUT2D eigenvalue weighted by Crippen LogP contribution is -2.16. The summed E-state index contributed by atoms with van der Waals surface area (Å²) < 4.78 is 0. The Labute approximate surface area is 145 Å². The number of benzene rings is 2. The molecule has 0 heterocycles. The number of rotatable bonds is 4. The molecule has 0 aromatic heterocycles. The molecule has 7 heteroatoms. The molecule has 2 aromatic carbocycles. The number of aromatic hydroxyl groups is 1. The number of nitro groups is 1. The number of nitrogens with zero attached hydrogens (tertiary/aromatic N) is 1. The Morgan fingerprint density at radius 1 is 1.12 bits per heavy atom. The van der Waals surface area contributed by atoms with Crippen LogP contribution in [0.15, 0.2) is 36.4 Å². The van der Waals surface area contributed by atoms with Crippen molar-refractivity contribution in [2.24, 2.45) is 0 Å². The van der Waals surface area contributed by atoms with Crippen LogP contribution in [0.3, 0.4) is 0 Å². The van der Waals surface area contributed by atoms with Crippen LogP contribution in [-0.4, -0.2) is 23.0 Å². The summed E-state index contributed by atoms with van der Waals surface area (Å²) in [6, 6.07) is 8.99. The smallest absolute Gasteiger partial charge is 0.270 e. The van der Waals surface area contributed by atoms with Gasteiger partial charge >= 0.3 is 0 Å². The van der Waals surface area contributed by atoms with Gasteiger partial charge in [0.2, 0.25) is 0 Å². The van der Waals surface area contributed by atoms with E-state index < -0.39 is 10.8 Å². The molecule has 0 aliphatic carbocycles. The number of non-ortho nitro benzene ring substituents is 1. The van der Waals surface area contributed by atoms with E-state index in [4.69, 9.17) is 0 Å². The van der Waals surface area contributed by atoms with Gasteiger partial charge in [-0.2, -0.15) is 0 Å². The van der Waals surface area contributed by atoms with E-state index >= 15 is 0 Å². The van der Waals surface area contributed by atoms with Crippen LogP contribution in [0.4, 0.5) is 17.1 Å². The van der Waals surface area contributed by atoms with E-state index in [1.807, 2.05) is 20.8 Å². The molecular weight excluding hydrogens is 322 g/mol. The molecule has 0 bridgehead atoms. The van der Waals surface area contributed by atoms with Crippen molar-refractivity contribution >= 4 is 23.0 Å². The number of phenols is 1. The summed E-state index contributed by atoms with van der Waals surface area (Å²) >= 11 is 0. The van der Waals surface area contributed by atoms with E-state index in [1.54, 1.807) is 19.2 Å². The number of nitrogens with one attached hydrogen (secondary N) is 2. The normalized spacial score (nSPS) is 11.0. The largest absolute Gasteiger partial charge is 0.506 e. The Kier molecular flexibility index (Phi) is 4.97. The first kappa shape index (κ1) is 18.3. The Hall–Kier alpha value is -3.09. The molecule has 3 N–H and O–H groups in total. The molecule has 0 saturated heterocycles. The Morgan fingerprint density at radius 3 is 2.36 bits per heavy atom. The molecule has 0 unspecified atom stereocenters. The summed E-state index contributed by atoms with van der Waals surface area (Å²) in [5.41, 5.74) is 1.43. The van der Waals surface area contributed by atoms with Crippen molar-refractivity contribution in [3.8, 4) is 5.75 Å². The molecule has 132 valence electrons. The maximum absolute atomic E-state index is 12.6. The minimum Gasteiger partial charge on any atom is -0.506 e. The van der Waals surface area contributed by atoms with Gasteiger partial charge in [0.05, 0.1) is 16.2 Å². The first-order valence-corrected chi connectivity index (χ1v) is 7.74. The van der Waals surface area contributed by atoms with Gasteiger partial charge in [0.15, 0.2) is 0 Å². The van der Waals surface area contributed by atoms with Crippen LogP contribution in [0.25, 0.3) is 0 Å². The summed E-state index contributed by atoms with van der Waals surface area (Å²) in [5.74, 6) is -0.618. The Morgan fingerprint density at radius 2 is 1.80 bits per heavy atom. The third-order valence-electron chi connectivity index (χ3n) is 3.84. The third-order valence-corrected chi connectivity index (χ3v) is 3.84. The van der Waals surface area contributed by atoms with E-state index in [9.17, 15) is 20.0 Å². The SMILES string of the molecule is CNc1ccc([N+](=O)[O-])cc1C(=O)Nc1cc(C(C)(C)C)ccc1O. The Balaban J connectivity index is 2.40. The molecule has 25 heavy (non-hydrogen) atoms. The molecule has 0 atom stereocenters. The van der Waals surface area contributed by atoms with Crippen LogP contribution >= 0.6 is 0 Å². The molecule has 0 spiro atoms. The number of anilines is 2. The minimum absolute atomic E-state index is 0.0715. The van der Waals surface area contributed by atoms with Crippen molar-refractivity contribution in [2.45, 2.75) is 26.2 Å². The quantitative estimate of drug-likeness (QED) is 0.444. The second-order valence-corrected chi connectivity index (χ2v) is 6.67. The molecule has 0 saturated carbocycles. The van der Waals surface area contributed by atoms with Gasteiger partial charge in [-0.25, -0.2) is 0 Å². The molecule has 0 radical (unpaired) electrons. The predicted octanol–water partition coefficient (Wildman–Crippen LogP) is 3.89. The number of phenolic OH excluding ortho intramolecular Hbond substituents is 1. The average Bonchev–Trinajstić information content (AvgIpc) is 2.55. The lowest BCUT2D eigenvalue weighted by atomic mass is 9.87. The number of nitro benzene ring substituents is 1. The maximum atomic E-state index is 12.6. The molecule has 0 aliphatic rings. The van der Waals surface area contributed by atoms with Gasteiger partial charge in [-0.05, 0) is 29.2 Å². The predicted molar refractivity (Wildman–Crippen MR) is 97.4 cm³/mol.